The Morgan fingerprint density at radius 1 is 0.744 bits per heavy atom. The van der Waals surface area contributed by atoms with Gasteiger partial charge in [0, 0.05) is 5.56 Å². The average Bonchev–Trinajstić information content (AvgIpc) is 2.96. The second-order valence-corrected chi connectivity index (χ2v) is 8.99. The van der Waals surface area contributed by atoms with Gasteiger partial charge in [-0.25, -0.2) is 4.79 Å². The molecule has 0 saturated carbocycles. The highest BCUT2D eigenvalue weighted by atomic mass is 32.1. The summed E-state index contributed by atoms with van der Waals surface area (Å²) in [7, 11) is 0. The van der Waals surface area contributed by atoms with Crippen molar-refractivity contribution in [1.29, 1.82) is 0 Å². The summed E-state index contributed by atoms with van der Waals surface area (Å²) in [5.74, 6) is -1.63. The van der Waals surface area contributed by atoms with Gasteiger partial charge in [0.05, 0.1) is 16.9 Å². The third-order valence-corrected chi connectivity index (χ3v) is 6.46. The number of hydrogen-bond donors (Lipinski definition) is 1. The molecule has 1 N–H and O–H groups in total. The highest BCUT2D eigenvalue weighted by molar-refractivity contribution is 7.81. The first-order valence-electron chi connectivity index (χ1n) is 12.0. The summed E-state index contributed by atoms with van der Waals surface area (Å²) in [5, 5.41) is 9.17. The van der Waals surface area contributed by atoms with Crippen LogP contribution in [0.25, 0.3) is 6.08 Å². The van der Waals surface area contributed by atoms with E-state index in [0.717, 1.165) is 5.56 Å². The lowest BCUT2D eigenvalue weighted by molar-refractivity contribution is -0.120. The second-order valence-electron chi connectivity index (χ2n) is 8.62. The molecule has 0 unspecified atom stereocenters. The van der Waals surface area contributed by atoms with Crippen molar-refractivity contribution in [2.45, 2.75) is 6.61 Å². The fourth-order valence-corrected chi connectivity index (χ4v) is 4.51. The Morgan fingerprint density at radius 3 is 1.79 bits per heavy atom. The van der Waals surface area contributed by atoms with Crippen LogP contribution in [0, 0.1) is 0 Å². The van der Waals surface area contributed by atoms with Gasteiger partial charge < -0.3 is 9.84 Å². The predicted octanol–water partition coefficient (Wildman–Crippen LogP) is 5.71. The van der Waals surface area contributed by atoms with Gasteiger partial charge in [-0.15, -0.1) is 0 Å². The van der Waals surface area contributed by atoms with E-state index >= 15 is 0 Å². The maximum atomic E-state index is 13.7. The molecule has 2 amide bonds. The molecular formula is C31H22N2O5S. The topological polar surface area (TPSA) is 87.2 Å². The molecule has 0 aromatic heterocycles. The molecular weight excluding hydrogens is 512 g/mol. The van der Waals surface area contributed by atoms with Crippen molar-refractivity contribution in [3.05, 3.63) is 131 Å². The zero-order valence-electron chi connectivity index (χ0n) is 20.6. The third kappa shape index (κ3) is 5.32. The van der Waals surface area contributed by atoms with E-state index in [0.29, 0.717) is 22.7 Å². The number of thiocarbonyl (C=S) groups is 1. The molecule has 1 saturated heterocycles. The summed E-state index contributed by atoms with van der Waals surface area (Å²) in [5.41, 5.74) is 2.50. The van der Waals surface area contributed by atoms with Gasteiger partial charge in [-0.05, 0) is 66.3 Å². The van der Waals surface area contributed by atoms with Crippen molar-refractivity contribution in [1.82, 2.24) is 0 Å². The average molecular weight is 535 g/mol. The Balaban J connectivity index is 1.51. The Hall–Kier alpha value is -5.08. The number of ether oxygens (including phenoxy) is 1. The van der Waals surface area contributed by atoms with Crippen LogP contribution >= 0.6 is 12.2 Å². The summed E-state index contributed by atoms with van der Waals surface area (Å²) in [6, 6.07) is 31.3. The molecule has 1 fully saturated rings. The van der Waals surface area contributed by atoms with Crippen molar-refractivity contribution in [2.75, 3.05) is 9.80 Å². The third-order valence-electron chi connectivity index (χ3n) is 6.09. The van der Waals surface area contributed by atoms with Crippen LogP contribution in [0.15, 0.2) is 115 Å². The SMILES string of the molecule is O=C(O)c1ccc(COc2ccccc2C=C2C(=O)N(c3ccccc3)C(=S)N(c3ccccc3)C2=O)cc1. The fraction of sp³-hybridized carbons (Fsp3) is 0.0323. The number of aromatic carboxylic acids is 1. The highest BCUT2D eigenvalue weighted by Gasteiger charge is 2.41. The van der Waals surface area contributed by atoms with Crippen LogP contribution in [0.4, 0.5) is 11.4 Å². The van der Waals surface area contributed by atoms with E-state index in [-0.39, 0.29) is 22.9 Å². The molecule has 1 aliphatic rings. The van der Waals surface area contributed by atoms with E-state index in [1.807, 2.05) is 12.1 Å². The van der Waals surface area contributed by atoms with E-state index in [1.54, 1.807) is 84.9 Å². The summed E-state index contributed by atoms with van der Waals surface area (Å²) in [6.07, 6.45) is 1.52. The maximum Gasteiger partial charge on any atom is 0.335 e. The van der Waals surface area contributed by atoms with E-state index < -0.39 is 17.8 Å². The second kappa shape index (κ2) is 11.1. The number of rotatable bonds is 7. The minimum absolute atomic E-state index is 0.0638. The molecule has 4 aromatic rings. The number of para-hydroxylation sites is 3. The molecule has 0 atom stereocenters. The number of amides is 2. The number of hydrogen-bond acceptors (Lipinski definition) is 5. The van der Waals surface area contributed by atoms with Crippen molar-refractivity contribution < 1.29 is 24.2 Å². The maximum absolute atomic E-state index is 13.7. The first-order chi connectivity index (χ1) is 18.9. The lowest BCUT2D eigenvalue weighted by Crippen LogP contribution is -2.56. The van der Waals surface area contributed by atoms with Gasteiger partial charge in [-0.3, -0.25) is 19.4 Å². The van der Waals surface area contributed by atoms with Gasteiger partial charge in [-0.2, -0.15) is 0 Å². The van der Waals surface area contributed by atoms with E-state index in [4.69, 9.17) is 22.1 Å². The molecule has 4 aromatic carbocycles. The van der Waals surface area contributed by atoms with Crippen LogP contribution in [-0.4, -0.2) is 28.0 Å². The van der Waals surface area contributed by atoms with Gasteiger partial charge in [0.2, 0.25) is 0 Å². The standard InChI is InChI=1S/C31H22N2O5S/c34-28-26(19-23-9-7-8-14-27(23)38-20-21-15-17-22(18-16-21)30(36)37)29(35)33(25-12-5-2-6-13-25)31(39)32(28)24-10-3-1-4-11-24/h1-19H,20H2,(H,36,37). The lowest BCUT2D eigenvalue weighted by Gasteiger charge is -2.36. The minimum atomic E-state index is -1.00. The summed E-state index contributed by atoms with van der Waals surface area (Å²) in [6.45, 7) is 0.165. The van der Waals surface area contributed by atoms with Gasteiger partial charge in [0.25, 0.3) is 11.8 Å². The molecule has 8 heteroatoms. The van der Waals surface area contributed by atoms with Gasteiger partial charge in [-0.1, -0.05) is 66.7 Å². The number of carbonyl (C=O) groups is 3. The first-order valence-corrected chi connectivity index (χ1v) is 12.4. The minimum Gasteiger partial charge on any atom is -0.488 e. The number of carboxylic acid groups (broad SMARTS) is 1. The molecule has 39 heavy (non-hydrogen) atoms. The molecule has 1 heterocycles. The van der Waals surface area contributed by atoms with E-state index in [1.165, 1.54) is 28.0 Å². The molecule has 7 nitrogen and oxygen atoms in total. The number of carbonyl (C=O) groups excluding carboxylic acids is 2. The largest absolute Gasteiger partial charge is 0.488 e. The smallest absolute Gasteiger partial charge is 0.335 e. The molecule has 0 spiro atoms. The van der Waals surface area contributed by atoms with Crippen molar-refractivity contribution >= 4 is 52.6 Å². The normalized spacial score (nSPS) is 13.4. The predicted molar refractivity (Wildman–Crippen MR) is 153 cm³/mol. The van der Waals surface area contributed by atoms with Crippen LogP contribution in [0.5, 0.6) is 5.75 Å². The zero-order valence-corrected chi connectivity index (χ0v) is 21.4. The molecule has 192 valence electrons. The fourth-order valence-electron chi connectivity index (χ4n) is 4.13. The number of carboxylic acids is 1. The Kier molecular flexibility index (Phi) is 7.29. The molecule has 0 radical (unpaired) electrons. The first kappa shape index (κ1) is 25.6. The van der Waals surface area contributed by atoms with Crippen LogP contribution in [-0.2, 0) is 16.2 Å². The molecule has 0 bridgehead atoms. The van der Waals surface area contributed by atoms with Crippen LogP contribution in [0.2, 0.25) is 0 Å². The molecule has 0 aliphatic carbocycles. The van der Waals surface area contributed by atoms with Crippen LogP contribution < -0.4 is 14.5 Å². The van der Waals surface area contributed by atoms with Gasteiger partial charge in [0.1, 0.15) is 17.9 Å². The Bertz CT molecular complexity index is 1520. The summed E-state index contributed by atoms with van der Waals surface area (Å²) >= 11 is 5.65. The Morgan fingerprint density at radius 2 is 1.26 bits per heavy atom. The Labute approximate surface area is 230 Å². The van der Waals surface area contributed by atoms with Gasteiger partial charge in [0.15, 0.2) is 5.11 Å². The van der Waals surface area contributed by atoms with Crippen molar-refractivity contribution in [3.8, 4) is 5.75 Å². The number of benzene rings is 4. The van der Waals surface area contributed by atoms with E-state index in [2.05, 4.69) is 0 Å². The quantitative estimate of drug-likeness (QED) is 0.186. The summed E-state index contributed by atoms with van der Waals surface area (Å²) < 4.78 is 6.01. The van der Waals surface area contributed by atoms with Crippen LogP contribution in [0.1, 0.15) is 21.5 Å². The lowest BCUT2D eigenvalue weighted by atomic mass is 10.0. The van der Waals surface area contributed by atoms with Crippen LogP contribution in [0.3, 0.4) is 0 Å². The monoisotopic (exact) mass is 534 g/mol. The highest BCUT2D eigenvalue weighted by Crippen LogP contribution is 2.31. The zero-order chi connectivity index (χ0) is 27.4. The van der Waals surface area contributed by atoms with E-state index in [9.17, 15) is 14.4 Å². The van der Waals surface area contributed by atoms with Gasteiger partial charge >= 0.3 is 5.97 Å². The van der Waals surface area contributed by atoms with Crippen molar-refractivity contribution in [3.63, 3.8) is 0 Å². The molecule has 1 aliphatic heterocycles. The summed E-state index contributed by atoms with van der Waals surface area (Å²) in [4.78, 5) is 41.3. The molecule has 5 rings (SSSR count). The number of anilines is 2. The number of nitrogens with zero attached hydrogens (tertiary/aromatic N) is 2. The van der Waals surface area contributed by atoms with Crippen molar-refractivity contribution in [2.24, 2.45) is 0 Å².